The van der Waals surface area contributed by atoms with Gasteiger partial charge in [0, 0.05) is 18.4 Å². The molecule has 4 nitrogen and oxygen atoms in total. The molecular formula is C14H18N2O2. The van der Waals surface area contributed by atoms with Crippen LogP contribution in [0.5, 0.6) is 0 Å². The van der Waals surface area contributed by atoms with Crippen molar-refractivity contribution in [3.05, 3.63) is 30.5 Å². The maximum Gasteiger partial charge on any atom is 0.305 e. The number of unbranched alkanes of at least 4 members (excludes halogenated alkanes) is 1. The third-order valence-corrected chi connectivity index (χ3v) is 2.86. The molecular weight excluding hydrogens is 228 g/mol. The highest BCUT2D eigenvalue weighted by Gasteiger charge is 2.03. The van der Waals surface area contributed by atoms with Crippen molar-refractivity contribution in [3.8, 4) is 0 Å². The van der Waals surface area contributed by atoms with Crippen molar-refractivity contribution in [2.75, 3.05) is 6.61 Å². The van der Waals surface area contributed by atoms with Crippen molar-refractivity contribution < 1.29 is 9.53 Å². The SMILES string of the molecule is CCOC(=O)CCCCn1ncc2ccccc21. The second-order valence-electron chi connectivity index (χ2n) is 4.19. The number of fused-ring (bicyclic) bond motifs is 1. The molecule has 0 N–H and O–H groups in total. The first kappa shape index (κ1) is 12.6. The van der Waals surface area contributed by atoms with E-state index in [2.05, 4.69) is 17.2 Å². The fraction of sp³-hybridized carbons (Fsp3) is 0.429. The van der Waals surface area contributed by atoms with E-state index in [-0.39, 0.29) is 5.97 Å². The summed E-state index contributed by atoms with van der Waals surface area (Å²) in [5.74, 6) is -0.108. The molecule has 0 atom stereocenters. The van der Waals surface area contributed by atoms with E-state index >= 15 is 0 Å². The van der Waals surface area contributed by atoms with Crippen molar-refractivity contribution in [1.29, 1.82) is 0 Å². The molecule has 96 valence electrons. The number of benzene rings is 1. The highest BCUT2D eigenvalue weighted by molar-refractivity contribution is 5.78. The number of nitrogens with zero attached hydrogens (tertiary/aromatic N) is 2. The van der Waals surface area contributed by atoms with Crippen LogP contribution in [0.3, 0.4) is 0 Å². The molecule has 0 aliphatic rings. The monoisotopic (exact) mass is 246 g/mol. The molecule has 1 aromatic heterocycles. The Labute approximate surface area is 107 Å². The number of carbonyl (C=O) groups is 1. The molecule has 0 saturated carbocycles. The topological polar surface area (TPSA) is 44.1 Å². The lowest BCUT2D eigenvalue weighted by atomic mass is 10.2. The van der Waals surface area contributed by atoms with E-state index in [4.69, 9.17) is 4.74 Å². The smallest absolute Gasteiger partial charge is 0.305 e. The van der Waals surface area contributed by atoms with E-state index in [1.54, 1.807) is 0 Å². The lowest BCUT2D eigenvalue weighted by Crippen LogP contribution is -2.05. The maximum absolute atomic E-state index is 11.2. The van der Waals surface area contributed by atoms with Gasteiger partial charge in [0.2, 0.25) is 0 Å². The van der Waals surface area contributed by atoms with Gasteiger partial charge >= 0.3 is 5.97 Å². The standard InChI is InChI=1S/C14H18N2O2/c1-2-18-14(17)9-5-6-10-16-13-8-4-3-7-12(13)11-15-16/h3-4,7-8,11H,2,5-6,9-10H2,1H3. The largest absolute Gasteiger partial charge is 0.466 e. The van der Waals surface area contributed by atoms with Crippen molar-refractivity contribution in [2.24, 2.45) is 0 Å². The van der Waals surface area contributed by atoms with Crippen LogP contribution >= 0.6 is 0 Å². The molecule has 0 saturated heterocycles. The highest BCUT2D eigenvalue weighted by atomic mass is 16.5. The number of ether oxygens (including phenoxy) is 1. The Morgan fingerprint density at radius 2 is 2.17 bits per heavy atom. The summed E-state index contributed by atoms with van der Waals surface area (Å²) >= 11 is 0. The Hall–Kier alpha value is -1.84. The summed E-state index contributed by atoms with van der Waals surface area (Å²) in [5.41, 5.74) is 1.15. The summed E-state index contributed by atoms with van der Waals surface area (Å²) in [5, 5.41) is 5.50. The number of para-hydroxylation sites is 1. The van der Waals surface area contributed by atoms with Crippen LogP contribution in [0, 0.1) is 0 Å². The molecule has 18 heavy (non-hydrogen) atoms. The number of hydrogen-bond acceptors (Lipinski definition) is 3. The molecule has 0 bridgehead atoms. The minimum absolute atomic E-state index is 0.108. The van der Waals surface area contributed by atoms with Gasteiger partial charge in [-0.3, -0.25) is 9.48 Å². The zero-order chi connectivity index (χ0) is 12.8. The molecule has 0 fully saturated rings. The van der Waals surface area contributed by atoms with Crippen LogP contribution in [0.25, 0.3) is 10.9 Å². The Bertz CT molecular complexity index is 519. The predicted molar refractivity (Wildman–Crippen MR) is 70.2 cm³/mol. The second kappa shape index (κ2) is 6.19. The van der Waals surface area contributed by atoms with Crippen LogP contribution < -0.4 is 0 Å². The minimum Gasteiger partial charge on any atom is -0.466 e. The zero-order valence-electron chi connectivity index (χ0n) is 10.6. The van der Waals surface area contributed by atoms with E-state index in [0.29, 0.717) is 13.0 Å². The highest BCUT2D eigenvalue weighted by Crippen LogP contribution is 2.13. The van der Waals surface area contributed by atoms with E-state index < -0.39 is 0 Å². The second-order valence-corrected chi connectivity index (χ2v) is 4.19. The van der Waals surface area contributed by atoms with Crippen LogP contribution in [0.4, 0.5) is 0 Å². The number of aryl methyl sites for hydroxylation is 1. The fourth-order valence-corrected chi connectivity index (χ4v) is 1.97. The van der Waals surface area contributed by atoms with Crippen molar-refractivity contribution >= 4 is 16.9 Å². The number of esters is 1. The molecule has 0 aliphatic carbocycles. The summed E-state index contributed by atoms with van der Waals surface area (Å²) < 4.78 is 6.87. The average Bonchev–Trinajstić information content (AvgIpc) is 2.78. The summed E-state index contributed by atoms with van der Waals surface area (Å²) in [7, 11) is 0. The molecule has 0 amide bonds. The molecule has 2 rings (SSSR count). The number of rotatable bonds is 6. The van der Waals surface area contributed by atoms with Gasteiger partial charge in [-0.15, -0.1) is 0 Å². The van der Waals surface area contributed by atoms with Gasteiger partial charge in [0.05, 0.1) is 18.3 Å². The van der Waals surface area contributed by atoms with Crippen LogP contribution in [-0.2, 0) is 16.1 Å². The number of hydrogen-bond donors (Lipinski definition) is 0. The van der Waals surface area contributed by atoms with E-state index in [1.165, 1.54) is 0 Å². The Morgan fingerprint density at radius 1 is 1.33 bits per heavy atom. The Morgan fingerprint density at radius 3 is 3.00 bits per heavy atom. The molecule has 1 heterocycles. The van der Waals surface area contributed by atoms with Gasteiger partial charge in [0.1, 0.15) is 0 Å². The summed E-state index contributed by atoms with van der Waals surface area (Å²) in [6.07, 6.45) is 4.14. The van der Waals surface area contributed by atoms with Crippen LogP contribution in [0.2, 0.25) is 0 Å². The summed E-state index contributed by atoms with van der Waals surface area (Å²) in [4.78, 5) is 11.2. The first-order chi connectivity index (χ1) is 8.81. The van der Waals surface area contributed by atoms with Gasteiger partial charge in [0.15, 0.2) is 0 Å². The van der Waals surface area contributed by atoms with Crippen molar-refractivity contribution in [1.82, 2.24) is 9.78 Å². The van der Waals surface area contributed by atoms with Gasteiger partial charge in [-0.05, 0) is 25.8 Å². The third kappa shape index (κ3) is 3.09. The first-order valence-electron chi connectivity index (χ1n) is 6.37. The quantitative estimate of drug-likeness (QED) is 0.581. The van der Waals surface area contributed by atoms with E-state index in [0.717, 1.165) is 30.3 Å². The normalized spacial score (nSPS) is 10.7. The van der Waals surface area contributed by atoms with Crippen molar-refractivity contribution in [2.45, 2.75) is 32.7 Å². The van der Waals surface area contributed by atoms with Gasteiger partial charge < -0.3 is 4.74 Å². The molecule has 0 aliphatic heterocycles. The van der Waals surface area contributed by atoms with Crippen LogP contribution in [0.1, 0.15) is 26.2 Å². The number of carbonyl (C=O) groups excluding carboxylic acids is 1. The lowest BCUT2D eigenvalue weighted by Gasteiger charge is -2.04. The molecule has 0 spiro atoms. The Kier molecular flexibility index (Phi) is 4.34. The minimum atomic E-state index is -0.108. The zero-order valence-corrected chi connectivity index (χ0v) is 10.6. The molecule has 2 aromatic rings. The fourth-order valence-electron chi connectivity index (χ4n) is 1.97. The summed E-state index contributed by atoms with van der Waals surface area (Å²) in [6, 6.07) is 8.14. The summed E-state index contributed by atoms with van der Waals surface area (Å²) in [6.45, 7) is 3.13. The van der Waals surface area contributed by atoms with Gasteiger partial charge in [-0.25, -0.2) is 0 Å². The van der Waals surface area contributed by atoms with Gasteiger partial charge in [-0.2, -0.15) is 5.10 Å². The van der Waals surface area contributed by atoms with Crippen LogP contribution in [0.15, 0.2) is 30.5 Å². The Balaban J connectivity index is 1.82. The van der Waals surface area contributed by atoms with Gasteiger partial charge in [-0.1, -0.05) is 18.2 Å². The van der Waals surface area contributed by atoms with E-state index in [9.17, 15) is 4.79 Å². The third-order valence-electron chi connectivity index (χ3n) is 2.86. The molecule has 1 aromatic carbocycles. The van der Waals surface area contributed by atoms with Crippen LogP contribution in [-0.4, -0.2) is 22.4 Å². The number of aromatic nitrogens is 2. The van der Waals surface area contributed by atoms with E-state index in [1.807, 2.05) is 29.9 Å². The average molecular weight is 246 g/mol. The maximum atomic E-state index is 11.2. The van der Waals surface area contributed by atoms with Crippen molar-refractivity contribution in [3.63, 3.8) is 0 Å². The molecule has 0 radical (unpaired) electrons. The molecule has 0 unspecified atom stereocenters. The van der Waals surface area contributed by atoms with Gasteiger partial charge in [0.25, 0.3) is 0 Å². The first-order valence-corrected chi connectivity index (χ1v) is 6.37. The molecule has 4 heteroatoms. The lowest BCUT2D eigenvalue weighted by molar-refractivity contribution is -0.143. The predicted octanol–water partition coefficient (Wildman–Crippen LogP) is 2.77.